The number of aliphatic imine (C=N–C) groups is 1. The van der Waals surface area contributed by atoms with E-state index >= 15 is 0 Å². The van der Waals surface area contributed by atoms with Gasteiger partial charge >= 0.3 is 0 Å². The molecule has 4 rings (SSSR count). The van der Waals surface area contributed by atoms with Crippen molar-refractivity contribution >= 4 is 17.9 Å². The number of Topliss-reactive ketones (excluding diaryl/α,β-unsaturated/α-hetero) is 1. The van der Waals surface area contributed by atoms with Gasteiger partial charge in [-0.2, -0.15) is 0 Å². The van der Waals surface area contributed by atoms with Crippen molar-refractivity contribution in [1.29, 1.82) is 0 Å². The average molecular weight is 368 g/mol. The van der Waals surface area contributed by atoms with Gasteiger partial charge in [-0.1, -0.05) is 12.1 Å². The first-order valence-corrected chi connectivity index (χ1v) is 8.49. The van der Waals surface area contributed by atoms with Crippen LogP contribution in [0.1, 0.15) is 12.0 Å². The molecule has 3 heterocycles. The molecule has 0 unspecified atom stereocenters. The van der Waals surface area contributed by atoms with E-state index in [1.807, 2.05) is 4.90 Å². The van der Waals surface area contributed by atoms with Crippen LogP contribution in [0.5, 0.6) is 0 Å². The van der Waals surface area contributed by atoms with Crippen molar-refractivity contribution in [2.75, 3.05) is 13.2 Å². The van der Waals surface area contributed by atoms with E-state index in [0.29, 0.717) is 30.4 Å². The number of halogens is 1. The molecule has 3 aliphatic heterocycles. The predicted octanol–water partition coefficient (Wildman–Crippen LogP) is 1.32. The summed E-state index contributed by atoms with van der Waals surface area (Å²) >= 11 is 0. The van der Waals surface area contributed by atoms with E-state index in [4.69, 9.17) is 4.74 Å². The number of rotatable bonds is 5. The van der Waals surface area contributed by atoms with Crippen LogP contribution in [-0.4, -0.2) is 36.0 Å². The molecule has 0 aromatic heterocycles. The number of benzene rings is 1. The topological polar surface area (TPSA) is 83.0 Å². The molecule has 2 N–H and O–H groups in total. The van der Waals surface area contributed by atoms with Crippen molar-refractivity contribution in [3.63, 3.8) is 0 Å². The molecule has 7 nitrogen and oxygen atoms in total. The molecule has 0 aliphatic carbocycles. The van der Waals surface area contributed by atoms with E-state index in [1.54, 1.807) is 30.6 Å². The summed E-state index contributed by atoms with van der Waals surface area (Å²) in [6, 6.07) is 5.93. The van der Waals surface area contributed by atoms with E-state index in [-0.39, 0.29) is 30.5 Å². The second kappa shape index (κ2) is 7.06. The second-order valence-electron chi connectivity index (χ2n) is 6.24. The van der Waals surface area contributed by atoms with Gasteiger partial charge in [0.25, 0.3) is 5.91 Å². The molecule has 0 radical (unpaired) electrons. The minimum Gasteiger partial charge on any atom is -0.486 e. The minimum atomic E-state index is -0.316. The fraction of sp³-hybridized carbons (Fsp3) is 0.211. The van der Waals surface area contributed by atoms with Crippen molar-refractivity contribution < 1.29 is 18.7 Å². The molecule has 27 heavy (non-hydrogen) atoms. The van der Waals surface area contributed by atoms with Gasteiger partial charge < -0.3 is 20.3 Å². The summed E-state index contributed by atoms with van der Waals surface area (Å²) in [5.74, 6) is 0.582. The quantitative estimate of drug-likeness (QED) is 0.819. The van der Waals surface area contributed by atoms with Crippen molar-refractivity contribution in [3.8, 4) is 0 Å². The highest BCUT2D eigenvalue weighted by molar-refractivity contribution is 6.05. The van der Waals surface area contributed by atoms with Gasteiger partial charge in [0.15, 0.2) is 18.2 Å². The molecule has 8 heteroatoms. The number of ether oxygens (including phenoxy) is 1. The first kappa shape index (κ1) is 17.0. The summed E-state index contributed by atoms with van der Waals surface area (Å²) in [4.78, 5) is 30.1. The van der Waals surface area contributed by atoms with Crippen LogP contribution in [0.4, 0.5) is 4.39 Å². The number of carbonyl (C=O) groups is 2. The lowest BCUT2D eigenvalue weighted by molar-refractivity contribution is -0.124. The highest BCUT2D eigenvalue weighted by Gasteiger charge is 2.31. The number of ketones is 1. The van der Waals surface area contributed by atoms with Crippen LogP contribution < -0.4 is 10.6 Å². The van der Waals surface area contributed by atoms with Gasteiger partial charge in [-0.15, -0.1) is 0 Å². The Morgan fingerprint density at radius 1 is 1.33 bits per heavy atom. The third kappa shape index (κ3) is 3.59. The maximum Gasteiger partial charge on any atom is 0.258 e. The second-order valence-corrected chi connectivity index (χ2v) is 6.24. The summed E-state index contributed by atoms with van der Waals surface area (Å²) < 4.78 is 18.5. The van der Waals surface area contributed by atoms with Gasteiger partial charge in [-0.3, -0.25) is 9.59 Å². The smallest absolute Gasteiger partial charge is 0.258 e. The van der Waals surface area contributed by atoms with Gasteiger partial charge in [0, 0.05) is 31.5 Å². The molecule has 1 aromatic carbocycles. The zero-order valence-electron chi connectivity index (χ0n) is 14.4. The lowest BCUT2D eigenvalue weighted by Crippen LogP contribution is -2.33. The number of hydrogen-bond acceptors (Lipinski definition) is 6. The maximum absolute atomic E-state index is 12.9. The Morgan fingerprint density at radius 2 is 2.15 bits per heavy atom. The summed E-state index contributed by atoms with van der Waals surface area (Å²) in [5.41, 5.74) is 2.10. The molecule has 0 bridgehead atoms. The zero-order chi connectivity index (χ0) is 18.8. The van der Waals surface area contributed by atoms with Crippen molar-refractivity contribution in [2.45, 2.75) is 13.0 Å². The first-order chi connectivity index (χ1) is 13.1. The van der Waals surface area contributed by atoms with E-state index in [0.717, 1.165) is 11.3 Å². The van der Waals surface area contributed by atoms with Crippen LogP contribution in [0.2, 0.25) is 0 Å². The number of hydrogen-bond donors (Lipinski definition) is 2. The highest BCUT2D eigenvalue weighted by Crippen LogP contribution is 2.31. The van der Waals surface area contributed by atoms with Crippen LogP contribution in [0, 0.1) is 5.82 Å². The van der Waals surface area contributed by atoms with Gasteiger partial charge in [0.2, 0.25) is 0 Å². The standard InChI is InChI=1S/C19H17FN4O3/c20-13-3-1-12(2-4-13)8-22-17(26)11-27-15-7-14-9-23-18-16(25)5-6-21-19(18)24(14)10-15/h1-4,6-7,9,23H,5,8,10-11H2,(H,22,26). The first-order valence-electron chi connectivity index (χ1n) is 8.49. The maximum atomic E-state index is 12.9. The van der Waals surface area contributed by atoms with Crippen LogP contribution >= 0.6 is 0 Å². The Labute approximate surface area is 154 Å². The molecule has 0 spiro atoms. The SMILES string of the molecule is O=C(COC1=CC2=CNC3=C(N=CCC3=O)N2C1)NCc1ccc(F)cc1. The average Bonchev–Trinajstić information content (AvgIpc) is 3.10. The molecule has 0 saturated carbocycles. The van der Waals surface area contributed by atoms with Gasteiger partial charge in [-0.05, 0) is 17.7 Å². The Morgan fingerprint density at radius 3 is 2.96 bits per heavy atom. The Kier molecular flexibility index (Phi) is 4.45. The van der Waals surface area contributed by atoms with Crippen LogP contribution in [0.3, 0.4) is 0 Å². The Bertz CT molecular complexity index is 915. The fourth-order valence-electron chi connectivity index (χ4n) is 2.95. The Hall–Kier alpha value is -3.42. The number of allylic oxidation sites excluding steroid dienone is 2. The van der Waals surface area contributed by atoms with Gasteiger partial charge in [0.05, 0.1) is 12.2 Å². The zero-order valence-corrected chi connectivity index (χ0v) is 14.4. The van der Waals surface area contributed by atoms with Gasteiger partial charge in [0.1, 0.15) is 17.3 Å². The monoisotopic (exact) mass is 368 g/mol. The van der Waals surface area contributed by atoms with Crippen LogP contribution in [0.15, 0.2) is 64.5 Å². The van der Waals surface area contributed by atoms with E-state index in [2.05, 4.69) is 15.6 Å². The summed E-state index contributed by atoms with van der Waals surface area (Å²) in [7, 11) is 0. The van der Waals surface area contributed by atoms with Crippen LogP contribution in [-0.2, 0) is 20.9 Å². The lowest BCUT2D eigenvalue weighted by Gasteiger charge is -2.28. The fourth-order valence-corrected chi connectivity index (χ4v) is 2.95. The van der Waals surface area contributed by atoms with Crippen molar-refractivity contribution in [3.05, 3.63) is 70.9 Å². The molecule has 1 aromatic rings. The third-order valence-electron chi connectivity index (χ3n) is 4.34. The van der Waals surface area contributed by atoms with Crippen molar-refractivity contribution in [2.24, 2.45) is 4.99 Å². The normalized spacial score (nSPS) is 17.7. The van der Waals surface area contributed by atoms with E-state index in [1.165, 1.54) is 12.1 Å². The predicted molar refractivity (Wildman–Crippen MR) is 95.3 cm³/mol. The molecule has 138 valence electrons. The number of fused-ring (bicyclic) bond motifs is 2. The third-order valence-corrected chi connectivity index (χ3v) is 4.34. The number of nitrogens with one attached hydrogen (secondary N) is 2. The van der Waals surface area contributed by atoms with Gasteiger partial charge in [-0.25, -0.2) is 9.38 Å². The molecule has 3 aliphatic rings. The number of carbonyl (C=O) groups excluding carboxylic acids is 2. The summed E-state index contributed by atoms with van der Waals surface area (Å²) in [6.45, 7) is 0.577. The lowest BCUT2D eigenvalue weighted by atomic mass is 10.1. The molecule has 1 amide bonds. The summed E-state index contributed by atoms with van der Waals surface area (Å²) in [6.07, 6.45) is 5.41. The largest absolute Gasteiger partial charge is 0.486 e. The Balaban J connectivity index is 1.30. The van der Waals surface area contributed by atoms with E-state index in [9.17, 15) is 14.0 Å². The van der Waals surface area contributed by atoms with E-state index < -0.39 is 0 Å². The molecule has 0 fully saturated rings. The number of nitrogens with zero attached hydrogens (tertiary/aromatic N) is 2. The molecular weight excluding hydrogens is 351 g/mol. The van der Waals surface area contributed by atoms with Crippen LogP contribution in [0.25, 0.3) is 0 Å². The number of amides is 1. The molecule has 0 atom stereocenters. The highest BCUT2D eigenvalue weighted by atomic mass is 19.1. The minimum absolute atomic E-state index is 0.00941. The summed E-state index contributed by atoms with van der Waals surface area (Å²) in [5, 5.41) is 5.70. The van der Waals surface area contributed by atoms with Crippen molar-refractivity contribution in [1.82, 2.24) is 15.5 Å². The molecule has 0 saturated heterocycles. The molecular formula is C19H17FN4O3.